The number of benzene rings is 1. The molecule has 20 heavy (non-hydrogen) atoms. The third-order valence-electron chi connectivity index (χ3n) is 2.82. The van der Waals surface area contributed by atoms with Gasteiger partial charge in [0, 0.05) is 9.90 Å². The van der Waals surface area contributed by atoms with Crippen LogP contribution < -0.4 is 11.3 Å². The number of aromatic nitrogens is 2. The van der Waals surface area contributed by atoms with E-state index in [1.165, 1.54) is 17.4 Å². The largest absolute Gasteiger partial charge is 0.308 e. The molecule has 3 aromatic rings. The van der Waals surface area contributed by atoms with Gasteiger partial charge in [0.2, 0.25) is 0 Å². The maximum atomic E-state index is 14.0. The van der Waals surface area contributed by atoms with Crippen LogP contribution in [0.4, 0.5) is 10.2 Å². The fourth-order valence-corrected chi connectivity index (χ4v) is 2.98. The Morgan fingerprint density at radius 2 is 2.10 bits per heavy atom. The predicted octanol–water partition coefficient (Wildman–Crippen LogP) is 3.74. The van der Waals surface area contributed by atoms with Crippen molar-refractivity contribution in [3.63, 3.8) is 0 Å². The van der Waals surface area contributed by atoms with Crippen LogP contribution in [0.25, 0.3) is 21.6 Å². The number of anilines is 1. The van der Waals surface area contributed by atoms with Crippen molar-refractivity contribution in [1.82, 2.24) is 9.97 Å². The summed E-state index contributed by atoms with van der Waals surface area (Å²) in [6, 6.07) is 6.33. The maximum absolute atomic E-state index is 14.0. The average molecular weight is 309 g/mol. The van der Waals surface area contributed by atoms with Gasteiger partial charge in [0.05, 0.1) is 10.9 Å². The van der Waals surface area contributed by atoms with E-state index in [9.17, 15) is 4.39 Å². The Morgan fingerprint density at radius 3 is 2.80 bits per heavy atom. The van der Waals surface area contributed by atoms with Crippen LogP contribution in [-0.2, 0) is 0 Å². The van der Waals surface area contributed by atoms with E-state index >= 15 is 0 Å². The number of aryl methyl sites for hydroxylation is 1. The zero-order valence-electron chi connectivity index (χ0n) is 10.4. The standard InChI is InChI=1S/C13H10ClFN4S/c1-6-4-9-12(19-16)17-11(18-13(9)20-6)8-3-2-7(14)5-10(8)15/h2-5H,16H2,1H3,(H,17,18,19). The van der Waals surface area contributed by atoms with E-state index in [4.69, 9.17) is 17.4 Å². The number of thiophene rings is 1. The van der Waals surface area contributed by atoms with Crippen molar-refractivity contribution in [2.75, 3.05) is 5.43 Å². The lowest BCUT2D eigenvalue weighted by Crippen LogP contribution is -2.10. The number of rotatable bonds is 2. The minimum Gasteiger partial charge on any atom is -0.308 e. The zero-order chi connectivity index (χ0) is 14.3. The Kier molecular flexibility index (Phi) is 3.29. The Balaban J connectivity index is 2.25. The number of hydrogen-bond donors (Lipinski definition) is 2. The molecule has 0 amide bonds. The van der Waals surface area contributed by atoms with Gasteiger partial charge < -0.3 is 5.43 Å². The summed E-state index contributed by atoms with van der Waals surface area (Å²) in [7, 11) is 0. The molecule has 0 aliphatic heterocycles. The molecule has 0 saturated carbocycles. The molecular weight excluding hydrogens is 299 g/mol. The molecule has 0 bridgehead atoms. The van der Waals surface area contributed by atoms with Crippen LogP contribution in [0.15, 0.2) is 24.3 Å². The first-order valence-electron chi connectivity index (χ1n) is 5.78. The van der Waals surface area contributed by atoms with Crippen LogP contribution in [0.1, 0.15) is 4.88 Å². The summed E-state index contributed by atoms with van der Waals surface area (Å²) in [5.74, 6) is 5.77. The van der Waals surface area contributed by atoms with Crippen LogP contribution in [0.3, 0.4) is 0 Å². The molecule has 3 N–H and O–H groups in total. The SMILES string of the molecule is Cc1cc2c(NN)nc(-c3ccc(Cl)cc3F)nc2s1. The number of halogens is 2. The molecule has 0 unspecified atom stereocenters. The van der Waals surface area contributed by atoms with E-state index in [0.29, 0.717) is 16.4 Å². The van der Waals surface area contributed by atoms with Crippen molar-refractivity contribution in [3.05, 3.63) is 40.0 Å². The number of hydrazine groups is 1. The highest BCUT2D eigenvalue weighted by Gasteiger charge is 2.14. The summed E-state index contributed by atoms with van der Waals surface area (Å²) in [6.45, 7) is 1.97. The van der Waals surface area contributed by atoms with Gasteiger partial charge >= 0.3 is 0 Å². The van der Waals surface area contributed by atoms with E-state index in [2.05, 4.69) is 15.4 Å². The molecule has 2 heterocycles. The van der Waals surface area contributed by atoms with Gasteiger partial charge in [-0.1, -0.05) is 11.6 Å². The summed E-state index contributed by atoms with van der Waals surface area (Å²) in [4.78, 5) is 10.5. The van der Waals surface area contributed by atoms with Gasteiger partial charge in [0.15, 0.2) is 11.6 Å². The molecule has 0 radical (unpaired) electrons. The fraction of sp³-hybridized carbons (Fsp3) is 0.0769. The molecule has 102 valence electrons. The van der Waals surface area contributed by atoms with Crippen molar-refractivity contribution < 1.29 is 4.39 Å². The molecule has 0 fully saturated rings. The lowest BCUT2D eigenvalue weighted by atomic mass is 10.2. The lowest BCUT2D eigenvalue weighted by Gasteiger charge is -2.06. The van der Waals surface area contributed by atoms with Crippen molar-refractivity contribution in [2.24, 2.45) is 5.84 Å². The number of nitrogens with zero attached hydrogens (tertiary/aromatic N) is 2. The first-order chi connectivity index (χ1) is 9.58. The number of nitrogens with one attached hydrogen (secondary N) is 1. The Bertz CT molecular complexity index is 802. The average Bonchev–Trinajstić information content (AvgIpc) is 2.77. The molecule has 0 aliphatic rings. The molecule has 3 rings (SSSR count). The number of nitrogen functional groups attached to an aromatic ring is 1. The molecular formula is C13H10ClFN4S. The molecule has 1 aromatic carbocycles. The van der Waals surface area contributed by atoms with Gasteiger partial charge in [-0.2, -0.15) is 0 Å². The van der Waals surface area contributed by atoms with Gasteiger partial charge in [-0.05, 0) is 31.2 Å². The summed E-state index contributed by atoms with van der Waals surface area (Å²) < 4.78 is 14.0. The monoisotopic (exact) mass is 308 g/mol. The van der Waals surface area contributed by atoms with Crippen molar-refractivity contribution in [1.29, 1.82) is 0 Å². The third kappa shape index (κ3) is 2.22. The highest BCUT2D eigenvalue weighted by molar-refractivity contribution is 7.18. The van der Waals surface area contributed by atoms with Gasteiger partial charge in [-0.25, -0.2) is 20.2 Å². The highest BCUT2D eigenvalue weighted by Crippen LogP contribution is 2.31. The lowest BCUT2D eigenvalue weighted by molar-refractivity contribution is 0.630. The van der Waals surface area contributed by atoms with E-state index in [-0.39, 0.29) is 5.82 Å². The summed E-state index contributed by atoms with van der Waals surface area (Å²) in [5, 5.41) is 1.16. The summed E-state index contributed by atoms with van der Waals surface area (Å²) >= 11 is 7.25. The number of hydrogen-bond acceptors (Lipinski definition) is 5. The second-order valence-electron chi connectivity index (χ2n) is 4.24. The second kappa shape index (κ2) is 4.97. The Hall–Kier alpha value is -1.76. The first kappa shape index (κ1) is 13.2. The Labute approximate surface area is 123 Å². The van der Waals surface area contributed by atoms with E-state index in [1.54, 1.807) is 12.1 Å². The smallest absolute Gasteiger partial charge is 0.166 e. The van der Waals surface area contributed by atoms with Crippen LogP contribution >= 0.6 is 22.9 Å². The van der Waals surface area contributed by atoms with E-state index < -0.39 is 5.82 Å². The minimum absolute atomic E-state index is 0.279. The summed E-state index contributed by atoms with van der Waals surface area (Å²) in [5.41, 5.74) is 2.82. The third-order valence-corrected chi connectivity index (χ3v) is 4.00. The van der Waals surface area contributed by atoms with Crippen LogP contribution in [0.5, 0.6) is 0 Å². The predicted molar refractivity (Wildman–Crippen MR) is 80.4 cm³/mol. The molecule has 4 nitrogen and oxygen atoms in total. The molecule has 2 aromatic heterocycles. The van der Waals surface area contributed by atoms with Crippen LogP contribution in [-0.4, -0.2) is 9.97 Å². The summed E-state index contributed by atoms with van der Waals surface area (Å²) in [6.07, 6.45) is 0. The second-order valence-corrected chi connectivity index (χ2v) is 5.91. The van der Waals surface area contributed by atoms with Gasteiger partial charge in [-0.15, -0.1) is 11.3 Å². The van der Waals surface area contributed by atoms with Crippen molar-refractivity contribution >= 4 is 39.0 Å². The number of nitrogens with two attached hydrogens (primary N) is 1. The van der Waals surface area contributed by atoms with Crippen molar-refractivity contribution in [2.45, 2.75) is 6.92 Å². The molecule has 0 aliphatic carbocycles. The number of fused-ring (bicyclic) bond motifs is 1. The highest BCUT2D eigenvalue weighted by atomic mass is 35.5. The van der Waals surface area contributed by atoms with E-state index in [0.717, 1.165) is 15.1 Å². The molecule has 0 saturated heterocycles. The van der Waals surface area contributed by atoms with Crippen LogP contribution in [0, 0.1) is 12.7 Å². The van der Waals surface area contributed by atoms with E-state index in [1.807, 2.05) is 13.0 Å². The first-order valence-corrected chi connectivity index (χ1v) is 6.98. The van der Waals surface area contributed by atoms with Gasteiger partial charge in [-0.3, -0.25) is 0 Å². The molecule has 7 heteroatoms. The molecule has 0 spiro atoms. The molecule has 0 atom stereocenters. The topological polar surface area (TPSA) is 63.8 Å². The maximum Gasteiger partial charge on any atom is 0.166 e. The Morgan fingerprint density at radius 1 is 1.30 bits per heavy atom. The minimum atomic E-state index is -0.465. The van der Waals surface area contributed by atoms with Crippen molar-refractivity contribution in [3.8, 4) is 11.4 Å². The fourth-order valence-electron chi connectivity index (χ4n) is 1.94. The van der Waals surface area contributed by atoms with Crippen LogP contribution in [0.2, 0.25) is 5.02 Å². The quantitative estimate of drug-likeness (QED) is 0.559. The van der Waals surface area contributed by atoms with Gasteiger partial charge in [0.25, 0.3) is 0 Å². The zero-order valence-corrected chi connectivity index (χ0v) is 12.0. The normalized spacial score (nSPS) is 11.0. The van der Waals surface area contributed by atoms with Gasteiger partial charge in [0.1, 0.15) is 10.6 Å².